The number of rotatable bonds is 2. The summed E-state index contributed by atoms with van der Waals surface area (Å²) < 4.78 is 5.33. The van der Waals surface area contributed by atoms with Crippen LogP contribution in [0, 0.1) is 0 Å². The first kappa shape index (κ1) is 8.87. The van der Waals surface area contributed by atoms with Crippen molar-refractivity contribution in [2.24, 2.45) is 5.73 Å². The first-order valence-corrected chi connectivity index (χ1v) is 4.25. The molecule has 1 heterocycles. The van der Waals surface area contributed by atoms with Gasteiger partial charge >= 0.3 is 0 Å². The molecule has 64 valence electrons. The third-order valence-electron chi connectivity index (χ3n) is 1.91. The van der Waals surface area contributed by atoms with E-state index in [1.54, 1.807) is 0 Å². The Morgan fingerprint density at radius 1 is 1.73 bits per heavy atom. The summed E-state index contributed by atoms with van der Waals surface area (Å²) >= 11 is 4.23. The molecule has 3 nitrogen and oxygen atoms in total. The number of nitrogens with two attached hydrogens (primary N) is 1. The highest BCUT2D eigenvalue weighted by Gasteiger charge is 2.30. The smallest absolute Gasteiger partial charge is 0.246 e. The van der Waals surface area contributed by atoms with Crippen molar-refractivity contribution in [2.45, 2.75) is 37.2 Å². The number of primary amides is 1. The summed E-state index contributed by atoms with van der Waals surface area (Å²) in [5, 5.41) is 0.180. The van der Waals surface area contributed by atoms with Gasteiger partial charge in [-0.2, -0.15) is 12.6 Å². The van der Waals surface area contributed by atoms with E-state index in [0.717, 1.165) is 12.8 Å². The van der Waals surface area contributed by atoms with Crippen LogP contribution in [0.15, 0.2) is 0 Å². The minimum absolute atomic E-state index is 0.0934. The largest absolute Gasteiger partial charge is 0.367 e. The zero-order chi connectivity index (χ0) is 8.43. The van der Waals surface area contributed by atoms with Crippen molar-refractivity contribution < 1.29 is 9.53 Å². The molecule has 0 aromatic rings. The van der Waals surface area contributed by atoms with Gasteiger partial charge in [0.1, 0.15) is 6.10 Å². The minimum Gasteiger partial charge on any atom is -0.367 e. The Kier molecular flexibility index (Phi) is 2.78. The lowest BCUT2D eigenvalue weighted by atomic mass is 10.1. The predicted octanol–water partition coefficient (Wildman–Crippen LogP) is 0.338. The third kappa shape index (κ3) is 2.10. The van der Waals surface area contributed by atoms with Gasteiger partial charge in [-0.1, -0.05) is 6.92 Å². The molecule has 0 radical (unpaired) electrons. The number of carbonyl (C=O) groups excluding carboxylic acids is 1. The fourth-order valence-corrected chi connectivity index (χ4v) is 1.45. The molecule has 0 aromatic heterocycles. The molecule has 0 bridgehead atoms. The lowest BCUT2D eigenvalue weighted by Gasteiger charge is -2.13. The molecule has 3 unspecified atom stereocenters. The zero-order valence-corrected chi connectivity index (χ0v) is 7.38. The molecule has 3 atom stereocenters. The highest BCUT2D eigenvalue weighted by molar-refractivity contribution is 7.81. The van der Waals surface area contributed by atoms with E-state index in [9.17, 15) is 4.79 Å². The van der Waals surface area contributed by atoms with Crippen molar-refractivity contribution >= 4 is 18.5 Å². The molecule has 1 fully saturated rings. The Labute approximate surface area is 71.7 Å². The molecule has 2 N–H and O–H groups in total. The molecule has 0 aliphatic carbocycles. The number of carbonyl (C=O) groups is 1. The Bertz CT molecular complexity index is 161. The average molecular weight is 175 g/mol. The summed E-state index contributed by atoms with van der Waals surface area (Å²) in [6, 6.07) is 0. The minimum atomic E-state index is -0.380. The van der Waals surface area contributed by atoms with E-state index >= 15 is 0 Å². The van der Waals surface area contributed by atoms with Crippen molar-refractivity contribution in [3.05, 3.63) is 0 Å². The van der Waals surface area contributed by atoms with E-state index in [0.29, 0.717) is 0 Å². The van der Waals surface area contributed by atoms with Crippen molar-refractivity contribution in [3.63, 3.8) is 0 Å². The Morgan fingerprint density at radius 3 is 2.64 bits per heavy atom. The highest BCUT2D eigenvalue weighted by Crippen LogP contribution is 2.23. The quantitative estimate of drug-likeness (QED) is 0.594. The molecule has 11 heavy (non-hydrogen) atoms. The second kappa shape index (κ2) is 3.45. The first-order valence-electron chi connectivity index (χ1n) is 3.74. The maximum Gasteiger partial charge on any atom is 0.246 e. The van der Waals surface area contributed by atoms with Crippen molar-refractivity contribution in [1.29, 1.82) is 0 Å². The maximum absolute atomic E-state index is 10.6. The van der Waals surface area contributed by atoms with Gasteiger partial charge in [0.15, 0.2) is 0 Å². The summed E-state index contributed by atoms with van der Waals surface area (Å²) in [5.74, 6) is -0.360. The van der Waals surface area contributed by atoms with Gasteiger partial charge in [-0.3, -0.25) is 4.79 Å². The molecule has 4 heteroatoms. The van der Waals surface area contributed by atoms with Gasteiger partial charge in [0, 0.05) is 5.25 Å². The lowest BCUT2D eigenvalue weighted by Crippen LogP contribution is -2.29. The standard InChI is InChI=1S/C7H13NO2S/c1-4(11)5-2-3-6(10-5)7(8)9/h4-6,11H,2-3H2,1H3,(H2,8,9). The fraction of sp³-hybridized carbons (Fsp3) is 0.857. The van der Waals surface area contributed by atoms with Gasteiger partial charge in [0.2, 0.25) is 5.91 Å². The van der Waals surface area contributed by atoms with Crippen LogP contribution in [0.25, 0.3) is 0 Å². The average Bonchev–Trinajstić information content (AvgIpc) is 2.33. The zero-order valence-electron chi connectivity index (χ0n) is 6.49. The molecular formula is C7H13NO2S. The van der Waals surface area contributed by atoms with Crippen LogP contribution in [0.4, 0.5) is 0 Å². The highest BCUT2D eigenvalue weighted by atomic mass is 32.1. The molecule has 1 saturated heterocycles. The number of hydrogen-bond donors (Lipinski definition) is 2. The number of ether oxygens (including phenoxy) is 1. The van der Waals surface area contributed by atoms with Crippen molar-refractivity contribution in [1.82, 2.24) is 0 Å². The van der Waals surface area contributed by atoms with Crippen LogP contribution >= 0.6 is 12.6 Å². The predicted molar refractivity (Wildman–Crippen MR) is 45.5 cm³/mol. The van der Waals surface area contributed by atoms with Gasteiger partial charge in [-0.05, 0) is 12.8 Å². The third-order valence-corrected chi connectivity index (χ3v) is 2.24. The summed E-state index contributed by atoms with van der Waals surface area (Å²) in [4.78, 5) is 10.6. The van der Waals surface area contributed by atoms with Crippen LogP contribution in [0.1, 0.15) is 19.8 Å². The Balaban J connectivity index is 2.41. The van der Waals surface area contributed by atoms with Gasteiger partial charge in [-0.15, -0.1) is 0 Å². The molecule has 1 rings (SSSR count). The SMILES string of the molecule is CC(S)C1CCC(C(N)=O)O1. The maximum atomic E-state index is 10.6. The van der Waals surface area contributed by atoms with Gasteiger partial charge in [0.05, 0.1) is 6.10 Å². The molecular weight excluding hydrogens is 162 g/mol. The summed E-state index contributed by atoms with van der Waals surface area (Å²) in [5.41, 5.74) is 5.07. The topological polar surface area (TPSA) is 52.3 Å². The summed E-state index contributed by atoms with van der Waals surface area (Å²) in [6.45, 7) is 1.96. The second-order valence-corrected chi connectivity index (χ2v) is 3.70. The van der Waals surface area contributed by atoms with E-state index in [-0.39, 0.29) is 23.4 Å². The van der Waals surface area contributed by atoms with Gasteiger partial charge < -0.3 is 10.5 Å². The van der Waals surface area contributed by atoms with E-state index in [2.05, 4.69) is 12.6 Å². The van der Waals surface area contributed by atoms with E-state index in [1.807, 2.05) is 6.92 Å². The van der Waals surface area contributed by atoms with Crippen molar-refractivity contribution in [3.8, 4) is 0 Å². The fourth-order valence-electron chi connectivity index (χ4n) is 1.23. The lowest BCUT2D eigenvalue weighted by molar-refractivity contribution is -0.128. The molecule has 0 saturated carbocycles. The summed E-state index contributed by atoms with van der Waals surface area (Å²) in [7, 11) is 0. The van der Waals surface area contributed by atoms with Gasteiger partial charge in [-0.25, -0.2) is 0 Å². The van der Waals surface area contributed by atoms with Crippen LogP contribution in [0.5, 0.6) is 0 Å². The Morgan fingerprint density at radius 2 is 2.36 bits per heavy atom. The number of hydrogen-bond acceptors (Lipinski definition) is 3. The van der Waals surface area contributed by atoms with Crippen molar-refractivity contribution in [2.75, 3.05) is 0 Å². The van der Waals surface area contributed by atoms with Crippen LogP contribution in [-0.4, -0.2) is 23.4 Å². The van der Waals surface area contributed by atoms with E-state index in [1.165, 1.54) is 0 Å². The molecule has 0 aromatic carbocycles. The number of thiol groups is 1. The van der Waals surface area contributed by atoms with E-state index < -0.39 is 0 Å². The first-order chi connectivity index (χ1) is 5.11. The molecule has 1 aliphatic rings. The molecule has 1 aliphatic heterocycles. The van der Waals surface area contributed by atoms with Crippen LogP contribution in [0.3, 0.4) is 0 Å². The monoisotopic (exact) mass is 175 g/mol. The molecule has 0 spiro atoms. The van der Waals surface area contributed by atoms with Crippen LogP contribution < -0.4 is 5.73 Å². The normalized spacial score (nSPS) is 33.6. The van der Waals surface area contributed by atoms with E-state index in [4.69, 9.17) is 10.5 Å². The second-order valence-electron chi connectivity index (χ2n) is 2.88. The van der Waals surface area contributed by atoms with Crippen LogP contribution in [0.2, 0.25) is 0 Å². The number of amides is 1. The summed E-state index contributed by atoms with van der Waals surface area (Å²) in [6.07, 6.45) is 1.34. The molecule has 1 amide bonds. The van der Waals surface area contributed by atoms with Gasteiger partial charge in [0.25, 0.3) is 0 Å². The Hall–Kier alpha value is -0.220. The van der Waals surface area contributed by atoms with Crippen LogP contribution in [-0.2, 0) is 9.53 Å².